The molecule has 0 aromatic heterocycles. The highest BCUT2D eigenvalue weighted by Gasteiger charge is 2.18. The molecule has 0 bridgehead atoms. The maximum atomic E-state index is 13.9. The first-order valence-corrected chi connectivity index (χ1v) is 5.95. The van der Waals surface area contributed by atoms with Crippen molar-refractivity contribution in [2.45, 2.75) is 11.8 Å². The average molecular weight is 244 g/mol. The van der Waals surface area contributed by atoms with Crippen LogP contribution >= 0.6 is 11.8 Å². The quantitative estimate of drug-likeness (QED) is 0.602. The lowest BCUT2D eigenvalue weighted by Crippen LogP contribution is -2.06. The number of hydrogen-bond acceptors (Lipinski definition) is 4. The smallest absolute Gasteiger partial charge is 0.339 e. The van der Waals surface area contributed by atoms with Crippen molar-refractivity contribution in [1.82, 2.24) is 0 Å². The molecular formula is C11H13FO3S. The lowest BCUT2D eigenvalue weighted by Gasteiger charge is -2.10. The van der Waals surface area contributed by atoms with Gasteiger partial charge in [0.15, 0.2) is 11.6 Å². The van der Waals surface area contributed by atoms with Crippen LogP contribution in [0.2, 0.25) is 0 Å². The lowest BCUT2D eigenvalue weighted by molar-refractivity contribution is 0.0595. The van der Waals surface area contributed by atoms with E-state index < -0.39 is 11.8 Å². The van der Waals surface area contributed by atoms with Crippen molar-refractivity contribution >= 4 is 17.7 Å². The van der Waals surface area contributed by atoms with Gasteiger partial charge in [-0.2, -0.15) is 0 Å². The van der Waals surface area contributed by atoms with E-state index in [-0.39, 0.29) is 16.2 Å². The number of benzene rings is 1. The summed E-state index contributed by atoms with van der Waals surface area (Å²) < 4.78 is 23.5. The van der Waals surface area contributed by atoms with Crippen LogP contribution in [0.25, 0.3) is 0 Å². The molecule has 0 aliphatic carbocycles. The molecule has 0 aliphatic heterocycles. The summed E-state index contributed by atoms with van der Waals surface area (Å²) >= 11 is 1.15. The molecule has 0 saturated carbocycles. The molecular weight excluding hydrogens is 231 g/mol. The number of rotatable bonds is 4. The predicted octanol–water partition coefficient (Wildman–Crippen LogP) is 2.73. The van der Waals surface area contributed by atoms with E-state index in [1.807, 2.05) is 0 Å². The molecule has 0 saturated heterocycles. The van der Waals surface area contributed by atoms with Crippen LogP contribution in [0.5, 0.6) is 5.75 Å². The van der Waals surface area contributed by atoms with Gasteiger partial charge in [-0.3, -0.25) is 0 Å². The van der Waals surface area contributed by atoms with Crippen LogP contribution in [-0.2, 0) is 4.74 Å². The number of carbonyl (C=O) groups is 1. The highest BCUT2D eigenvalue weighted by molar-refractivity contribution is 7.98. The van der Waals surface area contributed by atoms with Crippen LogP contribution in [-0.4, -0.2) is 25.9 Å². The highest BCUT2D eigenvalue weighted by atomic mass is 32.2. The molecule has 5 heteroatoms. The Morgan fingerprint density at radius 3 is 2.69 bits per heavy atom. The van der Waals surface area contributed by atoms with Crippen LogP contribution in [0.15, 0.2) is 17.0 Å². The van der Waals surface area contributed by atoms with E-state index in [2.05, 4.69) is 4.74 Å². The SMILES string of the molecule is CCOc1ccc(C(=O)OC)c(SC)c1F. The van der Waals surface area contributed by atoms with E-state index in [0.29, 0.717) is 6.61 Å². The second kappa shape index (κ2) is 5.75. The van der Waals surface area contributed by atoms with Crippen molar-refractivity contribution in [3.63, 3.8) is 0 Å². The zero-order valence-corrected chi connectivity index (χ0v) is 10.2. The number of ether oxygens (including phenoxy) is 2. The summed E-state index contributed by atoms with van der Waals surface area (Å²) in [4.78, 5) is 11.6. The third-order valence-electron chi connectivity index (χ3n) is 1.97. The Morgan fingerprint density at radius 1 is 1.50 bits per heavy atom. The van der Waals surface area contributed by atoms with E-state index in [1.54, 1.807) is 13.2 Å². The van der Waals surface area contributed by atoms with Crippen LogP contribution in [0, 0.1) is 5.82 Å². The fraction of sp³-hybridized carbons (Fsp3) is 0.364. The van der Waals surface area contributed by atoms with Gasteiger partial charge < -0.3 is 9.47 Å². The molecule has 0 amide bonds. The van der Waals surface area contributed by atoms with Crippen LogP contribution < -0.4 is 4.74 Å². The van der Waals surface area contributed by atoms with Crippen LogP contribution in [0.4, 0.5) is 4.39 Å². The summed E-state index contributed by atoms with van der Waals surface area (Å²) in [6.07, 6.45) is 1.70. The maximum Gasteiger partial charge on any atom is 0.339 e. The predicted molar refractivity (Wildman–Crippen MR) is 60.7 cm³/mol. The van der Waals surface area contributed by atoms with E-state index >= 15 is 0 Å². The van der Waals surface area contributed by atoms with E-state index in [0.717, 1.165) is 11.8 Å². The highest BCUT2D eigenvalue weighted by Crippen LogP contribution is 2.31. The fourth-order valence-electron chi connectivity index (χ4n) is 1.28. The molecule has 0 N–H and O–H groups in total. The molecule has 0 fully saturated rings. The normalized spacial score (nSPS) is 10.0. The first-order chi connectivity index (χ1) is 7.65. The Balaban J connectivity index is 3.23. The van der Waals surface area contributed by atoms with Crippen molar-refractivity contribution in [2.75, 3.05) is 20.0 Å². The van der Waals surface area contributed by atoms with Crippen molar-refractivity contribution in [2.24, 2.45) is 0 Å². The minimum Gasteiger partial charge on any atom is -0.491 e. The molecule has 0 radical (unpaired) electrons. The third-order valence-corrected chi connectivity index (χ3v) is 2.78. The maximum absolute atomic E-state index is 13.9. The van der Waals surface area contributed by atoms with Crippen molar-refractivity contribution in [3.05, 3.63) is 23.5 Å². The monoisotopic (exact) mass is 244 g/mol. The summed E-state index contributed by atoms with van der Waals surface area (Å²) in [6.45, 7) is 2.15. The van der Waals surface area contributed by atoms with Gasteiger partial charge in [0.1, 0.15) is 0 Å². The Kier molecular flexibility index (Phi) is 4.61. The number of thioether (sulfide) groups is 1. The summed E-state index contributed by atoms with van der Waals surface area (Å²) in [5.74, 6) is -0.914. The Bertz CT molecular complexity index is 393. The largest absolute Gasteiger partial charge is 0.491 e. The number of hydrogen-bond donors (Lipinski definition) is 0. The molecule has 16 heavy (non-hydrogen) atoms. The number of methoxy groups -OCH3 is 1. The molecule has 0 atom stereocenters. The minimum atomic E-state index is -0.550. The van der Waals surface area contributed by atoms with Gasteiger partial charge in [0.2, 0.25) is 0 Å². The van der Waals surface area contributed by atoms with Crippen LogP contribution in [0.3, 0.4) is 0 Å². The molecule has 0 aliphatic rings. The van der Waals surface area contributed by atoms with E-state index in [1.165, 1.54) is 19.2 Å². The number of halogens is 1. The Labute approximate surface area is 97.9 Å². The van der Waals surface area contributed by atoms with E-state index in [9.17, 15) is 9.18 Å². The summed E-state index contributed by atoms with van der Waals surface area (Å²) in [5, 5.41) is 0. The van der Waals surface area contributed by atoms with Gasteiger partial charge in [-0.15, -0.1) is 11.8 Å². The number of carbonyl (C=O) groups excluding carboxylic acids is 1. The lowest BCUT2D eigenvalue weighted by atomic mass is 10.2. The summed E-state index contributed by atoms with van der Waals surface area (Å²) in [6, 6.07) is 2.94. The zero-order valence-electron chi connectivity index (χ0n) is 9.37. The molecule has 0 unspecified atom stereocenters. The Morgan fingerprint density at radius 2 is 2.19 bits per heavy atom. The molecule has 1 aromatic rings. The molecule has 1 rings (SSSR count). The summed E-state index contributed by atoms with van der Waals surface area (Å²) in [7, 11) is 1.26. The first-order valence-electron chi connectivity index (χ1n) is 4.73. The molecule has 88 valence electrons. The first kappa shape index (κ1) is 12.8. The second-order valence-electron chi connectivity index (χ2n) is 2.88. The van der Waals surface area contributed by atoms with Gasteiger partial charge >= 0.3 is 5.97 Å². The molecule has 0 heterocycles. The van der Waals surface area contributed by atoms with Gasteiger partial charge in [0, 0.05) is 0 Å². The van der Waals surface area contributed by atoms with Gasteiger partial charge in [-0.05, 0) is 25.3 Å². The van der Waals surface area contributed by atoms with Crippen molar-refractivity contribution in [1.29, 1.82) is 0 Å². The summed E-state index contributed by atoms with van der Waals surface area (Å²) in [5.41, 5.74) is 0.218. The molecule has 0 spiro atoms. The fourth-order valence-corrected chi connectivity index (χ4v) is 1.93. The van der Waals surface area contributed by atoms with Crippen LogP contribution in [0.1, 0.15) is 17.3 Å². The average Bonchev–Trinajstić information content (AvgIpc) is 2.30. The third kappa shape index (κ3) is 2.47. The second-order valence-corrected chi connectivity index (χ2v) is 3.70. The van der Waals surface area contributed by atoms with Crippen molar-refractivity contribution in [3.8, 4) is 5.75 Å². The molecule has 1 aromatic carbocycles. The molecule has 3 nitrogen and oxygen atoms in total. The number of esters is 1. The zero-order chi connectivity index (χ0) is 12.1. The standard InChI is InChI=1S/C11H13FO3S/c1-4-15-8-6-5-7(11(13)14-2)10(16-3)9(8)12/h5-6H,4H2,1-3H3. The topological polar surface area (TPSA) is 35.5 Å². The van der Waals surface area contributed by atoms with Gasteiger partial charge in [0.05, 0.1) is 24.2 Å². The van der Waals surface area contributed by atoms with Crippen molar-refractivity contribution < 1.29 is 18.7 Å². The minimum absolute atomic E-state index is 0.152. The van der Waals surface area contributed by atoms with Gasteiger partial charge in [-0.1, -0.05) is 0 Å². The van der Waals surface area contributed by atoms with Gasteiger partial charge in [0.25, 0.3) is 0 Å². The van der Waals surface area contributed by atoms with E-state index in [4.69, 9.17) is 4.74 Å². The van der Waals surface area contributed by atoms with Gasteiger partial charge in [-0.25, -0.2) is 9.18 Å². The Hall–Kier alpha value is -1.23.